The van der Waals surface area contributed by atoms with Crippen molar-refractivity contribution in [3.05, 3.63) is 54.1 Å². The predicted molar refractivity (Wildman–Crippen MR) is 127 cm³/mol. The van der Waals surface area contributed by atoms with Crippen molar-refractivity contribution in [3.8, 4) is 5.75 Å². The molecule has 1 saturated heterocycles. The minimum absolute atomic E-state index is 0.0921. The van der Waals surface area contributed by atoms with Crippen molar-refractivity contribution in [1.29, 1.82) is 0 Å². The number of anilines is 2. The van der Waals surface area contributed by atoms with Gasteiger partial charge in [-0.2, -0.15) is 0 Å². The fraction of sp³-hybridized carbons (Fsp3) is 0.391. The molecule has 1 fully saturated rings. The number of ether oxygens (including phenoxy) is 1. The smallest absolute Gasteiger partial charge is 0.264 e. The first kappa shape index (κ1) is 22.1. The molecule has 1 aliphatic heterocycles. The Bertz CT molecular complexity index is 845. The van der Waals surface area contributed by atoms with Crippen LogP contribution in [0, 0.1) is 0 Å². The second kappa shape index (κ2) is 10.4. The van der Waals surface area contributed by atoms with Crippen LogP contribution in [0.1, 0.15) is 25.3 Å². The van der Waals surface area contributed by atoms with Crippen LogP contribution in [-0.4, -0.2) is 55.8 Å². The maximum atomic E-state index is 12.1. The van der Waals surface area contributed by atoms with Crippen LogP contribution in [0.3, 0.4) is 0 Å². The topological polar surface area (TPSA) is 56.8 Å². The zero-order chi connectivity index (χ0) is 21.5. The lowest BCUT2D eigenvalue weighted by Gasteiger charge is -2.34. The number of amides is 1. The average molecular weight is 427 g/mol. The minimum atomic E-state index is -0.297. The van der Waals surface area contributed by atoms with Gasteiger partial charge in [-0.15, -0.1) is 0 Å². The van der Waals surface area contributed by atoms with E-state index in [0.717, 1.165) is 31.9 Å². The zero-order valence-electron chi connectivity index (χ0n) is 17.9. The number of benzene rings is 2. The standard InChI is InChI=1S/C23H30N4O2S/c1-17(2)18-4-10-21(11-5-18)29-16-22(28)25-23(30)24-19-6-8-20(9-7-19)27-14-12-26(3)13-15-27/h4-11,17H,12-16H2,1-3H3,(H2,24,25,28,30). The molecule has 3 rings (SSSR count). The Morgan fingerprint density at radius 3 is 2.27 bits per heavy atom. The van der Waals surface area contributed by atoms with Crippen LogP contribution in [0.25, 0.3) is 0 Å². The van der Waals surface area contributed by atoms with E-state index in [2.05, 4.69) is 53.5 Å². The summed E-state index contributed by atoms with van der Waals surface area (Å²) in [5.41, 5.74) is 3.26. The van der Waals surface area contributed by atoms with Crippen molar-refractivity contribution in [2.75, 3.05) is 50.1 Å². The summed E-state index contributed by atoms with van der Waals surface area (Å²) >= 11 is 5.25. The number of carbonyl (C=O) groups excluding carboxylic acids is 1. The van der Waals surface area contributed by atoms with Crippen molar-refractivity contribution < 1.29 is 9.53 Å². The normalized spacial score (nSPS) is 14.5. The van der Waals surface area contributed by atoms with Crippen LogP contribution in [-0.2, 0) is 4.79 Å². The summed E-state index contributed by atoms with van der Waals surface area (Å²) in [5.74, 6) is 0.823. The van der Waals surface area contributed by atoms with E-state index in [1.54, 1.807) is 0 Å². The number of rotatable bonds is 6. The molecule has 0 spiro atoms. The second-order valence-electron chi connectivity index (χ2n) is 7.85. The summed E-state index contributed by atoms with van der Waals surface area (Å²) in [4.78, 5) is 16.8. The molecule has 1 heterocycles. The number of likely N-dealkylation sites (N-methyl/N-ethyl adjacent to an activating group) is 1. The molecule has 0 radical (unpaired) electrons. The first-order valence-electron chi connectivity index (χ1n) is 10.3. The molecule has 0 aromatic heterocycles. The van der Waals surface area contributed by atoms with Gasteiger partial charge in [0.1, 0.15) is 5.75 Å². The highest BCUT2D eigenvalue weighted by Gasteiger charge is 2.14. The molecule has 2 aromatic rings. The molecule has 0 saturated carbocycles. The predicted octanol–water partition coefficient (Wildman–Crippen LogP) is 3.45. The molecule has 1 aliphatic rings. The van der Waals surface area contributed by atoms with Crippen LogP contribution in [0.2, 0.25) is 0 Å². The van der Waals surface area contributed by atoms with Crippen LogP contribution in [0.5, 0.6) is 5.75 Å². The van der Waals surface area contributed by atoms with Gasteiger partial charge in [0.15, 0.2) is 11.7 Å². The molecule has 160 valence electrons. The molecule has 0 unspecified atom stereocenters. The lowest BCUT2D eigenvalue weighted by molar-refractivity contribution is -0.121. The monoisotopic (exact) mass is 426 g/mol. The Hall–Kier alpha value is -2.64. The van der Waals surface area contributed by atoms with E-state index in [-0.39, 0.29) is 17.6 Å². The van der Waals surface area contributed by atoms with E-state index in [1.165, 1.54) is 11.3 Å². The van der Waals surface area contributed by atoms with Gasteiger partial charge >= 0.3 is 0 Å². The molecule has 2 N–H and O–H groups in total. The van der Waals surface area contributed by atoms with Gasteiger partial charge in [-0.3, -0.25) is 10.1 Å². The Kier molecular flexibility index (Phi) is 7.65. The van der Waals surface area contributed by atoms with Crippen molar-refractivity contribution in [2.45, 2.75) is 19.8 Å². The van der Waals surface area contributed by atoms with Crippen molar-refractivity contribution in [3.63, 3.8) is 0 Å². The lowest BCUT2D eigenvalue weighted by Crippen LogP contribution is -2.44. The number of hydrogen-bond donors (Lipinski definition) is 2. The van der Waals surface area contributed by atoms with Gasteiger partial charge in [-0.05, 0) is 67.1 Å². The number of nitrogens with one attached hydrogen (secondary N) is 2. The minimum Gasteiger partial charge on any atom is -0.484 e. The van der Waals surface area contributed by atoms with Gasteiger partial charge in [0.2, 0.25) is 0 Å². The Balaban J connectivity index is 1.42. The molecule has 0 bridgehead atoms. The van der Waals surface area contributed by atoms with Gasteiger partial charge in [0, 0.05) is 37.6 Å². The quantitative estimate of drug-likeness (QED) is 0.690. The molecule has 7 heteroatoms. The van der Waals surface area contributed by atoms with Crippen LogP contribution >= 0.6 is 12.2 Å². The van der Waals surface area contributed by atoms with Gasteiger partial charge in [-0.25, -0.2) is 0 Å². The van der Waals surface area contributed by atoms with Crippen molar-refractivity contribution >= 4 is 34.6 Å². The largest absolute Gasteiger partial charge is 0.484 e. The molecular weight excluding hydrogens is 396 g/mol. The number of carbonyl (C=O) groups is 1. The van der Waals surface area contributed by atoms with E-state index in [9.17, 15) is 4.79 Å². The molecule has 30 heavy (non-hydrogen) atoms. The first-order chi connectivity index (χ1) is 14.4. The molecular formula is C23H30N4O2S. The fourth-order valence-electron chi connectivity index (χ4n) is 3.24. The van der Waals surface area contributed by atoms with E-state index in [4.69, 9.17) is 17.0 Å². The Morgan fingerprint density at radius 1 is 1.03 bits per heavy atom. The Morgan fingerprint density at radius 2 is 1.67 bits per heavy atom. The summed E-state index contributed by atoms with van der Waals surface area (Å²) < 4.78 is 5.54. The van der Waals surface area contributed by atoms with Crippen LogP contribution in [0.15, 0.2) is 48.5 Å². The van der Waals surface area contributed by atoms with Crippen LogP contribution in [0.4, 0.5) is 11.4 Å². The number of nitrogens with zero attached hydrogens (tertiary/aromatic N) is 2. The van der Waals surface area contributed by atoms with Crippen molar-refractivity contribution in [2.24, 2.45) is 0 Å². The van der Waals surface area contributed by atoms with Crippen LogP contribution < -0.4 is 20.3 Å². The van der Waals surface area contributed by atoms with Gasteiger partial charge in [-0.1, -0.05) is 26.0 Å². The van der Waals surface area contributed by atoms with Gasteiger partial charge in [0.05, 0.1) is 0 Å². The highest BCUT2D eigenvalue weighted by molar-refractivity contribution is 7.80. The lowest BCUT2D eigenvalue weighted by atomic mass is 10.0. The SMILES string of the molecule is CC(C)c1ccc(OCC(=O)NC(=S)Nc2ccc(N3CCN(C)CC3)cc2)cc1. The highest BCUT2D eigenvalue weighted by Crippen LogP contribution is 2.20. The van der Waals surface area contributed by atoms with E-state index >= 15 is 0 Å². The summed E-state index contributed by atoms with van der Waals surface area (Å²) in [6.45, 7) is 8.37. The van der Waals surface area contributed by atoms with Gasteiger partial charge < -0.3 is 19.9 Å². The number of piperazine rings is 1. The maximum absolute atomic E-state index is 12.1. The first-order valence-corrected chi connectivity index (χ1v) is 10.7. The second-order valence-corrected chi connectivity index (χ2v) is 8.26. The van der Waals surface area contributed by atoms with E-state index in [1.807, 2.05) is 36.4 Å². The van der Waals surface area contributed by atoms with E-state index < -0.39 is 0 Å². The summed E-state index contributed by atoms with van der Waals surface area (Å²) in [5, 5.41) is 5.95. The summed E-state index contributed by atoms with van der Waals surface area (Å²) in [6, 6.07) is 15.9. The van der Waals surface area contributed by atoms with E-state index in [0.29, 0.717) is 11.7 Å². The van der Waals surface area contributed by atoms with Gasteiger partial charge in [0.25, 0.3) is 5.91 Å². The zero-order valence-corrected chi connectivity index (χ0v) is 18.7. The fourth-order valence-corrected chi connectivity index (χ4v) is 3.47. The van der Waals surface area contributed by atoms with Crippen molar-refractivity contribution in [1.82, 2.24) is 10.2 Å². The average Bonchev–Trinajstić information content (AvgIpc) is 2.73. The molecule has 6 nitrogen and oxygen atoms in total. The third-order valence-electron chi connectivity index (χ3n) is 5.16. The third-order valence-corrected chi connectivity index (χ3v) is 5.37. The molecule has 2 aromatic carbocycles. The highest BCUT2D eigenvalue weighted by atomic mass is 32.1. The summed E-state index contributed by atoms with van der Waals surface area (Å²) in [6.07, 6.45) is 0. The number of hydrogen-bond acceptors (Lipinski definition) is 5. The third kappa shape index (κ3) is 6.43. The Labute approximate surface area is 184 Å². The molecule has 0 aliphatic carbocycles. The maximum Gasteiger partial charge on any atom is 0.264 e. The molecule has 0 atom stereocenters. The summed E-state index contributed by atoms with van der Waals surface area (Å²) in [7, 11) is 2.15. The molecule has 1 amide bonds. The number of thiocarbonyl (C=S) groups is 1.